The molecule has 1 unspecified atom stereocenters. The first-order valence-corrected chi connectivity index (χ1v) is 7.13. The Balaban J connectivity index is 1.94. The Bertz CT molecular complexity index is 737. The standard InChI is InChI=1S/C15H11F3N2S/c16-15(17,18)14(10-4-2-1-3-5-10)20-11-6-7-12-13(8-11)21-9-19-12/h1-9,14,20H. The van der Waals surface area contributed by atoms with Crippen molar-refractivity contribution >= 4 is 27.2 Å². The van der Waals surface area contributed by atoms with Crippen molar-refractivity contribution in [2.24, 2.45) is 0 Å². The van der Waals surface area contributed by atoms with Crippen LogP contribution in [0.15, 0.2) is 54.0 Å². The van der Waals surface area contributed by atoms with Crippen LogP contribution in [0.25, 0.3) is 10.2 Å². The van der Waals surface area contributed by atoms with Crippen molar-refractivity contribution in [2.75, 3.05) is 5.32 Å². The summed E-state index contributed by atoms with van der Waals surface area (Å²) >= 11 is 1.40. The number of aromatic nitrogens is 1. The zero-order valence-electron chi connectivity index (χ0n) is 10.8. The van der Waals surface area contributed by atoms with E-state index in [9.17, 15) is 13.2 Å². The molecule has 6 heteroatoms. The molecule has 108 valence electrons. The molecule has 1 aromatic heterocycles. The number of halogens is 3. The molecule has 3 aromatic rings. The van der Waals surface area contributed by atoms with Crippen LogP contribution >= 0.6 is 11.3 Å². The van der Waals surface area contributed by atoms with Gasteiger partial charge in [-0.2, -0.15) is 13.2 Å². The predicted molar refractivity (Wildman–Crippen MR) is 78.5 cm³/mol. The van der Waals surface area contributed by atoms with E-state index >= 15 is 0 Å². The third-order valence-electron chi connectivity index (χ3n) is 3.10. The lowest BCUT2D eigenvalue weighted by atomic mass is 10.1. The van der Waals surface area contributed by atoms with Gasteiger partial charge in [0.25, 0.3) is 0 Å². The highest BCUT2D eigenvalue weighted by atomic mass is 32.1. The summed E-state index contributed by atoms with van der Waals surface area (Å²) in [5, 5.41) is 2.57. The van der Waals surface area contributed by atoms with E-state index in [-0.39, 0.29) is 5.56 Å². The zero-order chi connectivity index (χ0) is 14.9. The topological polar surface area (TPSA) is 24.9 Å². The van der Waals surface area contributed by atoms with Gasteiger partial charge in [0.1, 0.15) is 6.04 Å². The van der Waals surface area contributed by atoms with Crippen LogP contribution in [0.4, 0.5) is 18.9 Å². The van der Waals surface area contributed by atoms with Gasteiger partial charge in [-0.1, -0.05) is 30.3 Å². The van der Waals surface area contributed by atoms with Crippen LogP contribution in [0.2, 0.25) is 0 Å². The first kappa shape index (κ1) is 13.9. The molecule has 0 saturated carbocycles. The lowest BCUT2D eigenvalue weighted by Gasteiger charge is -2.23. The number of nitrogens with one attached hydrogen (secondary N) is 1. The molecule has 3 rings (SSSR count). The van der Waals surface area contributed by atoms with Crippen LogP contribution in [0.3, 0.4) is 0 Å². The first-order chi connectivity index (χ1) is 10.0. The molecule has 1 N–H and O–H groups in total. The Kier molecular flexibility index (Phi) is 3.55. The van der Waals surface area contributed by atoms with Crippen LogP contribution in [-0.2, 0) is 0 Å². The monoisotopic (exact) mass is 308 g/mol. The number of benzene rings is 2. The second-order valence-electron chi connectivity index (χ2n) is 4.56. The average molecular weight is 308 g/mol. The van der Waals surface area contributed by atoms with Gasteiger partial charge in [-0.05, 0) is 23.8 Å². The summed E-state index contributed by atoms with van der Waals surface area (Å²) in [6.45, 7) is 0. The summed E-state index contributed by atoms with van der Waals surface area (Å²) in [4.78, 5) is 4.11. The molecule has 0 spiro atoms. The van der Waals surface area contributed by atoms with E-state index < -0.39 is 12.2 Å². The Hall–Kier alpha value is -2.08. The summed E-state index contributed by atoms with van der Waals surface area (Å²) in [5.74, 6) is 0. The molecule has 21 heavy (non-hydrogen) atoms. The molecule has 1 atom stereocenters. The van der Waals surface area contributed by atoms with Crippen molar-refractivity contribution < 1.29 is 13.2 Å². The normalized spacial score (nSPS) is 13.3. The number of fused-ring (bicyclic) bond motifs is 1. The largest absolute Gasteiger partial charge is 0.412 e. The smallest absolute Gasteiger partial charge is 0.370 e. The minimum Gasteiger partial charge on any atom is -0.370 e. The van der Waals surface area contributed by atoms with Gasteiger partial charge in [0, 0.05) is 5.69 Å². The SMILES string of the molecule is FC(F)(F)C(Nc1ccc2ncsc2c1)c1ccccc1. The highest BCUT2D eigenvalue weighted by Gasteiger charge is 2.40. The van der Waals surface area contributed by atoms with E-state index in [1.807, 2.05) is 0 Å². The third-order valence-corrected chi connectivity index (χ3v) is 3.89. The maximum atomic E-state index is 13.3. The van der Waals surface area contributed by atoms with Gasteiger partial charge >= 0.3 is 6.18 Å². The van der Waals surface area contributed by atoms with Gasteiger partial charge in [-0.15, -0.1) is 11.3 Å². The third kappa shape index (κ3) is 3.00. The molecule has 0 saturated heterocycles. The average Bonchev–Trinajstić information content (AvgIpc) is 2.92. The van der Waals surface area contributed by atoms with Crippen molar-refractivity contribution in [3.05, 3.63) is 59.6 Å². The Labute approximate surface area is 123 Å². The summed E-state index contributed by atoms with van der Waals surface area (Å²) in [6.07, 6.45) is -4.37. The number of nitrogens with zero attached hydrogens (tertiary/aromatic N) is 1. The summed E-state index contributed by atoms with van der Waals surface area (Å²) < 4.78 is 40.7. The van der Waals surface area contributed by atoms with Gasteiger partial charge in [0.05, 0.1) is 15.7 Å². The molecule has 0 aliphatic heterocycles. The fourth-order valence-electron chi connectivity index (χ4n) is 2.11. The second kappa shape index (κ2) is 5.37. The van der Waals surface area contributed by atoms with Gasteiger partial charge in [0.2, 0.25) is 0 Å². The van der Waals surface area contributed by atoms with Gasteiger partial charge in [-0.25, -0.2) is 4.98 Å². The zero-order valence-corrected chi connectivity index (χ0v) is 11.6. The number of hydrogen-bond donors (Lipinski definition) is 1. The molecular formula is C15H11F3N2S. The number of hydrogen-bond acceptors (Lipinski definition) is 3. The number of anilines is 1. The molecular weight excluding hydrogens is 297 g/mol. The van der Waals surface area contributed by atoms with E-state index in [0.717, 1.165) is 10.2 Å². The van der Waals surface area contributed by atoms with Gasteiger partial charge in [-0.3, -0.25) is 0 Å². The van der Waals surface area contributed by atoms with Crippen molar-refractivity contribution in [2.45, 2.75) is 12.2 Å². The first-order valence-electron chi connectivity index (χ1n) is 6.25. The van der Waals surface area contributed by atoms with Crippen LogP contribution in [0.1, 0.15) is 11.6 Å². The van der Waals surface area contributed by atoms with Crippen LogP contribution in [0, 0.1) is 0 Å². The molecule has 0 aliphatic carbocycles. The molecule has 0 amide bonds. The van der Waals surface area contributed by atoms with Crippen molar-refractivity contribution in [1.82, 2.24) is 4.98 Å². The Morgan fingerprint density at radius 1 is 1.05 bits per heavy atom. The van der Waals surface area contributed by atoms with Crippen molar-refractivity contribution in [3.63, 3.8) is 0 Å². The van der Waals surface area contributed by atoms with Gasteiger partial charge < -0.3 is 5.32 Å². The van der Waals surface area contributed by atoms with E-state index in [2.05, 4.69) is 10.3 Å². The summed E-state index contributed by atoms with van der Waals surface area (Å²) in [6, 6.07) is 11.1. The summed E-state index contributed by atoms with van der Waals surface area (Å²) in [5.41, 5.74) is 3.08. The van der Waals surface area contributed by atoms with Crippen LogP contribution in [0.5, 0.6) is 0 Å². The lowest BCUT2D eigenvalue weighted by Crippen LogP contribution is -2.27. The number of thiazole rings is 1. The maximum absolute atomic E-state index is 13.3. The highest BCUT2D eigenvalue weighted by molar-refractivity contribution is 7.16. The van der Waals surface area contributed by atoms with Crippen LogP contribution in [-0.4, -0.2) is 11.2 Å². The predicted octanol–water partition coefficient (Wildman–Crippen LogP) is 5.01. The lowest BCUT2D eigenvalue weighted by molar-refractivity contribution is -0.144. The maximum Gasteiger partial charge on any atom is 0.412 e. The summed E-state index contributed by atoms with van der Waals surface area (Å²) in [7, 11) is 0. The quantitative estimate of drug-likeness (QED) is 0.735. The molecule has 0 bridgehead atoms. The highest BCUT2D eigenvalue weighted by Crippen LogP contribution is 2.36. The van der Waals surface area contributed by atoms with Crippen LogP contribution < -0.4 is 5.32 Å². The minimum absolute atomic E-state index is 0.189. The van der Waals surface area contributed by atoms with E-state index in [0.29, 0.717) is 5.69 Å². The Morgan fingerprint density at radius 2 is 1.81 bits per heavy atom. The Morgan fingerprint density at radius 3 is 2.52 bits per heavy atom. The van der Waals surface area contributed by atoms with Gasteiger partial charge in [0.15, 0.2) is 0 Å². The molecule has 0 radical (unpaired) electrons. The minimum atomic E-state index is -4.37. The second-order valence-corrected chi connectivity index (χ2v) is 5.45. The number of rotatable bonds is 3. The number of alkyl halides is 3. The molecule has 1 heterocycles. The molecule has 0 aliphatic rings. The van der Waals surface area contributed by atoms with E-state index in [1.54, 1.807) is 41.9 Å². The molecule has 2 aromatic carbocycles. The van der Waals surface area contributed by atoms with Crippen molar-refractivity contribution in [1.29, 1.82) is 0 Å². The fourth-order valence-corrected chi connectivity index (χ4v) is 2.83. The molecule has 0 fully saturated rings. The fraction of sp³-hybridized carbons (Fsp3) is 0.133. The van der Waals surface area contributed by atoms with E-state index in [1.165, 1.54) is 23.5 Å². The van der Waals surface area contributed by atoms with Crippen molar-refractivity contribution in [3.8, 4) is 0 Å². The van der Waals surface area contributed by atoms with E-state index in [4.69, 9.17) is 0 Å². The molecule has 2 nitrogen and oxygen atoms in total.